The second kappa shape index (κ2) is 10.8. The molecule has 0 aliphatic carbocycles. The number of aromatic carboxylic acids is 1. The summed E-state index contributed by atoms with van der Waals surface area (Å²) in [6.07, 6.45) is 0.280. The zero-order chi connectivity index (χ0) is 26.6. The number of anilines is 2. The quantitative estimate of drug-likeness (QED) is 0.222. The lowest BCUT2D eigenvalue weighted by Gasteiger charge is -2.23. The number of amides is 2. The average molecular weight is 539 g/mol. The van der Waals surface area contributed by atoms with Gasteiger partial charge >= 0.3 is 12.1 Å². The smallest absolute Gasteiger partial charge is 0.410 e. The molecule has 192 valence electrons. The van der Waals surface area contributed by atoms with Crippen LogP contribution in [0, 0.1) is 10.1 Å². The summed E-state index contributed by atoms with van der Waals surface area (Å²) >= 11 is 4.35. The van der Waals surface area contributed by atoms with Crippen molar-refractivity contribution >= 4 is 57.7 Å². The van der Waals surface area contributed by atoms with Crippen LogP contribution in [0.15, 0.2) is 42.5 Å². The van der Waals surface area contributed by atoms with Gasteiger partial charge in [0.05, 0.1) is 22.4 Å². The normalized spacial score (nSPS) is 17.3. The molecule has 1 aliphatic rings. The van der Waals surface area contributed by atoms with Gasteiger partial charge in [-0.3, -0.25) is 24.5 Å². The van der Waals surface area contributed by atoms with Crippen molar-refractivity contribution in [1.29, 1.82) is 0 Å². The Morgan fingerprint density at radius 1 is 1.19 bits per heavy atom. The van der Waals surface area contributed by atoms with E-state index in [-0.39, 0.29) is 47.4 Å². The number of carbonyl (C=O) groups excluding carboxylic acids is 2. The summed E-state index contributed by atoms with van der Waals surface area (Å²) in [7, 11) is -3.71. The number of nitrogens with one attached hydrogen (secondary N) is 2. The van der Waals surface area contributed by atoms with Gasteiger partial charge in [0.25, 0.3) is 5.69 Å². The predicted octanol–water partition coefficient (Wildman–Crippen LogP) is 2.31. The molecule has 0 saturated carbocycles. The molecule has 36 heavy (non-hydrogen) atoms. The molecule has 2 amide bonds. The van der Waals surface area contributed by atoms with Crippen molar-refractivity contribution < 1.29 is 37.6 Å². The van der Waals surface area contributed by atoms with Gasteiger partial charge in [-0.2, -0.15) is 12.6 Å². The van der Waals surface area contributed by atoms with E-state index in [9.17, 15) is 38.0 Å². The summed E-state index contributed by atoms with van der Waals surface area (Å²) in [6, 6.07) is 7.94. The first-order valence-electron chi connectivity index (χ1n) is 10.3. The van der Waals surface area contributed by atoms with E-state index in [4.69, 9.17) is 4.74 Å². The third-order valence-electron chi connectivity index (χ3n) is 5.08. The Labute approximate surface area is 211 Å². The number of likely N-dealkylation sites (tertiary alicyclic amines) is 1. The van der Waals surface area contributed by atoms with Gasteiger partial charge in [-0.1, -0.05) is 0 Å². The number of rotatable bonds is 8. The number of sulfonamides is 1. The standard InChI is InChI=1S/C21H22N4O9S2/c1-36(32,33)23-15-7-13(20(27)28)6-14(8-15)22-19(26)18-9-17(35)10-24(18)21(29)34-11-12-2-4-16(5-3-12)25(30)31/h2-8,17-18,23,35H,9-11H2,1H3,(H,22,26)(H,27,28)/t17-,18-/m0/s1. The topological polar surface area (TPSA) is 185 Å². The fourth-order valence-corrected chi connectivity index (χ4v) is 4.45. The number of hydrogen-bond donors (Lipinski definition) is 4. The lowest BCUT2D eigenvalue weighted by molar-refractivity contribution is -0.384. The molecule has 0 unspecified atom stereocenters. The lowest BCUT2D eigenvalue weighted by Crippen LogP contribution is -2.43. The minimum Gasteiger partial charge on any atom is -0.478 e. The number of carboxylic acid groups (broad SMARTS) is 1. The summed E-state index contributed by atoms with van der Waals surface area (Å²) < 4.78 is 30.5. The highest BCUT2D eigenvalue weighted by molar-refractivity contribution is 7.92. The highest BCUT2D eigenvalue weighted by Crippen LogP contribution is 2.26. The molecule has 3 rings (SSSR count). The Kier molecular flexibility index (Phi) is 8.04. The van der Waals surface area contributed by atoms with Gasteiger partial charge in [0.15, 0.2) is 0 Å². The van der Waals surface area contributed by atoms with Gasteiger partial charge in [-0.15, -0.1) is 0 Å². The van der Waals surface area contributed by atoms with Gasteiger partial charge in [0, 0.05) is 29.6 Å². The van der Waals surface area contributed by atoms with Crippen molar-refractivity contribution in [3.05, 3.63) is 63.7 Å². The zero-order valence-corrected chi connectivity index (χ0v) is 20.5. The largest absolute Gasteiger partial charge is 0.478 e. The predicted molar refractivity (Wildman–Crippen MR) is 132 cm³/mol. The number of nitro groups is 1. The number of nitro benzene ring substituents is 1. The fraction of sp³-hybridized carbons (Fsp3) is 0.286. The van der Waals surface area contributed by atoms with E-state index in [1.807, 2.05) is 0 Å². The molecule has 1 fully saturated rings. The first-order chi connectivity index (χ1) is 16.8. The number of carboxylic acids is 1. The molecular weight excluding hydrogens is 516 g/mol. The van der Waals surface area contributed by atoms with E-state index in [2.05, 4.69) is 22.7 Å². The summed E-state index contributed by atoms with van der Waals surface area (Å²) in [4.78, 5) is 48.5. The van der Waals surface area contributed by atoms with Gasteiger partial charge in [-0.25, -0.2) is 18.0 Å². The van der Waals surface area contributed by atoms with Crippen LogP contribution in [0.25, 0.3) is 0 Å². The monoisotopic (exact) mass is 538 g/mol. The first-order valence-corrected chi connectivity index (χ1v) is 12.7. The molecular formula is C21H22N4O9S2. The van der Waals surface area contributed by atoms with E-state index in [1.165, 1.54) is 35.2 Å². The fourth-order valence-electron chi connectivity index (χ4n) is 3.53. The summed E-state index contributed by atoms with van der Waals surface area (Å²) in [6.45, 7) is -0.0730. The van der Waals surface area contributed by atoms with E-state index in [0.29, 0.717) is 5.56 Å². The van der Waals surface area contributed by atoms with Gasteiger partial charge in [0.2, 0.25) is 15.9 Å². The summed E-state index contributed by atoms with van der Waals surface area (Å²) in [5.74, 6) is -1.98. The van der Waals surface area contributed by atoms with Crippen molar-refractivity contribution in [3.63, 3.8) is 0 Å². The second-order valence-corrected chi connectivity index (χ2v) is 10.5. The van der Waals surface area contributed by atoms with Crippen molar-refractivity contribution in [2.24, 2.45) is 0 Å². The molecule has 1 heterocycles. The molecule has 1 aliphatic heterocycles. The SMILES string of the molecule is CS(=O)(=O)Nc1cc(NC(=O)[C@@H]2C[C@H](S)CN2C(=O)OCc2ccc([N+](=O)[O-])cc2)cc(C(=O)O)c1. The Balaban J connectivity index is 1.72. The first kappa shape index (κ1) is 26.7. The van der Waals surface area contributed by atoms with Crippen LogP contribution in [-0.4, -0.2) is 65.4 Å². The summed E-state index contributed by atoms with van der Waals surface area (Å²) in [5.41, 5.74) is 0.0734. The van der Waals surface area contributed by atoms with Crippen LogP contribution >= 0.6 is 12.6 Å². The molecule has 2 aromatic rings. The van der Waals surface area contributed by atoms with Crippen LogP contribution in [0.3, 0.4) is 0 Å². The van der Waals surface area contributed by atoms with Crippen molar-refractivity contribution in [2.45, 2.75) is 24.3 Å². The third kappa shape index (κ3) is 7.08. The molecule has 0 aromatic heterocycles. The Morgan fingerprint density at radius 3 is 2.42 bits per heavy atom. The molecule has 3 N–H and O–H groups in total. The minimum atomic E-state index is -3.71. The Bertz CT molecular complexity index is 1300. The number of nitrogens with zero attached hydrogens (tertiary/aromatic N) is 2. The number of ether oxygens (including phenoxy) is 1. The van der Waals surface area contributed by atoms with Crippen molar-refractivity contribution in [3.8, 4) is 0 Å². The molecule has 0 bridgehead atoms. The molecule has 1 saturated heterocycles. The lowest BCUT2D eigenvalue weighted by atomic mass is 10.1. The van der Waals surface area contributed by atoms with E-state index in [1.54, 1.807) is 0 Å². The maximum absolute atomic E-state index is 13.0. The summed E-state index contributed by atoms with van der Waals surface area (Å²) in [5, 5.41) is 22.3. The molecule has 2 atom stereocenters. The molecule has 2 aromatic carbocycles. The minimum absolute atomic E-state index is 0.00728. The number of thiol groups is 1. The van der Waals surface area contributed by atoms with E-state index < -0.39 is 39.0 Å². The Hall–Kier alpha value is -3.85. The number of hydrogen-bond acceptors (Lipinski definition) is 9. The van der Waals surface area contributed by atoms with Gasteiger partial charge in [0.1, 0.15) is 12.6 Å². The molecule has 15 heteroatoms. The molecule has 0 spiro atoms. The molecule has 0 radical (unpaired) electrons. The van der Waals surface area contributed by atoms with Crippen LogP contribution in [0.5, 0.6) is 0 Å². The second-order valence-electron chi connectivity index (χ2n) is 8.00. The maximum atomic E-state index is 13.0. The third-order valence-corrected chi connectivity index (χ3v) is 6.06. The van der Waals surface area contributed by atoms with E-state index >= 15 is 0 Å². The Morgan fingerprint density at radius 2 is 1.83 bits per heavy atom. The van der Waals surface area contributed by atoms with Crippen LogP contribution < -0.4 is 10.0 Å². The van der Waals surface area contributed by atoms with Crippen LogP contribution in [0.4, 0.5) is 21.9 Å². The van der Waals surface area contributed by atoms with E-state index in [0.717, 1.165) is 18.4 Å². The highest BCUT2D eigenvalue weighted by atomic mass is 32.2. The van der Waals surface area contributed by atoms with Gasteiger partial charge in [-0.05, 0) is 42.3 Å². The van der Waals surface area contributed by atoms with Crippen LogP contribution in [0.2, 0.25) is 0 Å². The highest BCUT2D eigenvalue weighted by Gasteiger charge is 2.39. The number of non-ortho nitro benzene ring substituents is 1. The number of carbonyl (C=O) groups is 3. The molecule has 13 nitrogen and oxygen atoms in total. The van der Waals surface area contributed by atoms with Crippen molar-refractivity contribution in [1.82, 2.24) is 4.90 Å². The maximum Gasteiger partial charge on any atom is 0.410 e. The van der Waals surface area contributed by atoms with Crippen LogP contribution in [0.1, 0.15) is 22.3 Å². The number of benzene rings is 2. The van der Waals surface area contributed by atoms with Crippen molar-refractivity contribution in [2.75, 3.05) is 22.8 Å². The van der Waals surface area contributed by atoms with Crippen LogP contribution in [-0.2, 0) is 26.2 Å². The zero-order valence-electron chi connectivity index (χ0n) is 18.8. The van der Waals surface area contributed by atoms with Gasteiger partial charge < -0.3 is 15.2 Å². The average Bonchev–Trinajstić information content (AvgIpc) is 3.18.